The van der Waals surface area contributed by atoms with Gasteiger partial charge in [0, 0.05) is 35.9 Å². The average Bonchev–Trinajstić information content (AvgIpc) is 3.14. The molecular weight excluding hydrogens is 372 g/mol. The van der Waals surface area contributed by atoms with Gasteiger partial charge in [0.1, 0.15) is 0 Å². The molecule has 0 bridgehead atoms. The molecule has 1 N–H and O–H groups in total. The molecule has 3 aromatic rings. The number of benzene rings is 1. The smallest absolute Gasteiger partial charge is 0.378 e. The summed E-state index contributed by atoms with van der Waals surface area (Å²) in [6.07, 6.45) is 1.58. The molecule has 2 heterocycles. The van der Waals surface area contributed by atoms with E-state index in [-0.39, 0.29) is 5.82 Å². The summed E-state index contributed by atoms with van der Waals surface area (Å²) in [4.78, 5) is 34.5. The molecule has 0 aliphatic rings. The van der Waals surface area contributed by atoms with Crippen LogP contribution in [0.25, 0.3) is 5.78 Å². The summed E-state index contributed by atoms with van der Waals surface area (Å²) < 4.78 is 6.46. The second-order valence-electron chi connectivity index (χ2n) is 6.78. The van der Waals surface area contributed by atoms with Crippen molar-refractivity contribution < 1.29 is 14.3 Å². The van der Waals surface area contributed by atoms with Crippen LogP contribution in [0.4, 0.5) is 11.4 Å². The Morgan fingerprint density at radius 1 is 1.21 bits per heavy atom. The number of carbonyl (C=O) groups is 2. The highest BCUT2D eigenvalue weighted by molar-refractivity contribution is 5.94. The van der Waals surface area contributed by atoms with Crippen molar-refractivity contribution in [3.8, 4) is 0 Å². The van der Waals surface area contributed by atoms with Gasteiger partial charge in [-0.25, -0.2) is 14.3 Å². The minimum atomic E-state index is -0.782. The minimum Gasteiger partial charge on any atom is -0.450 e. The summed E-state index contributed by atoms with van der Waals surface area (Å²) in [6.45, 7) is 8.63. The van der Waals surface area contributed by atoms with E-state index >= 15 is 0 Å². The van der Waals surface area contributed by atoms with Crippen molar-refractivity contribution in [3.63, 3.8) is 0 Å². The molecule has 0 aliphatic carbocycles. The number of nitrogens with one attached hydrogen (secondary N) is 1. The lowest BCUT2D eigenvalue weighted by atomic mass is 10.2. The minimum absolute atomic E-state index is 0.141. The molecule has 0 saturated carbocycles. The summed E-state index contributed by atoms with van der Waals surface area (Å²) in [5.74, 6) is -1.07. The molecule has 0 fully saturated rings. The van der Waals surface area contributed by atoms with E-state index in [1.165, 1.54) is 4.52 Å². The summed E-state index contributed by atoms with van der Waals surface area (Å²) >= 11 is 0. The lowest BCUT2D eigenvalue weighted by Gasteiger charge is -2.27. The number of amides is 1. The number of ether oxygens (including phenoxy) is 1. The standard InChI is InChI=1S/C20H24N6O3/c1-5-25(13(2)3)16-8-6-15(7-9-16)22-17(27)12-29-19(28)18-23-20-21-11-10-14(4)26(20)24-18/h6-11,13H,5,12H2,1-4H3,(H,22,27). The number of aromatic nitrogens is 4. The number of aryl methyl sites for hydroxylation is 1. The van der Waals surface area contributed by atoms with Crippen LogP contribution in [0.3, 0.4) is 0 Å². The van der Waals surface area contributed by atoms with Gasteiger partial charge in [-0.2, -0.15) is 4.98 Å². The Morgan fingerprint density at radius 3 is 2.55 bits per heavy atom. The molecule has 0 saturated heterocycles. The first-order chi connectivity index (χ1) is 13.9. The highest BCUT2D eigenvalue weighted by Gasteiger charge is 2.17. The molecule has 1 amide bonds. The van der Waals surface area contributed by atoms with Crippen LogP contribution >= 0.6 is 0 Å². The quantitative estimate of drug-likeness (QED) is 0.612. The first-order valence-corrected chi connectivity index (χ1v) is 9.41. The van der Waals surface area contributed by atoms with E-state index in [0.717, 1.165) is 17.9 Å². The largest absolute Gasteiger partial charge is 0.450 e. The Morgan fingerprint density at radius 2 is 1.93 bits per heavy atom. The van der Waals surface area contributed by atoms with Gasteiger partial charge in [0.05, 0.1) is 0 Å². The number of rotatable bonds is 7. The lowest BCUT2D eigenvalue weighted by molar-refractivity contribution is -0.119. The summed E-state index contributed by atoms with van der Waals surface area (Å²) in [5, 5.41) is 6.76. The summed E-state index contributed by atoms with van der Waals surface area (Å²) in [7, 11) is 0. The van der Waals surface area contributed by atoms with E-state index in [1.54, 1.807) is 12.3 Å². The van der Waals surface area contributed by atoms with Crippen molar-refractivity contribution in [2.75, 3.05) is 23.4 Å². The Balaban J connectivity index is 1.56. The second kappa shape index (κ2) is 8.68. The van der Waals surface area contributed by atoms with Crippen molar-refractivity contribution >= 4 is 29.0 Å². The molecule has 152 valence electrons. The molecule has 0 radical (unpaired) electrons. The lowest BCUT2D eigenvalue weighted by Crippen LogP contribution is -2.30. The van der Waals surface area contributed by atoms with Crippen molar-refractivity contribution in [1.82, 2.24) is 19.6 Å². The van der Waals surface area contributed by atoms with Crippen LogP contribution in [0.2, 0.25) is 0 Å². The van der Waals surface area contributed by atoms with Crippen LogP contribution in [0.5, 0.6) is 0 Å². The number of nitrogens with zero attached hydrogens (tertiary/aromatic N) is 5. The average molecular weight is 396 g/mol. The number of hydrogen-bond acceptors (Lipinski definition) is 7. The van der Waals surface area contributed by atoms with E-state index in [4.69, 9.17) is 4.74 Å². The zero-order valence-electron chi connectivity index (χ0n) is 16.9. The van der Waals surface area contributed by atoms with Gasteiger partial charge < -0.3 is 15.0 Å². The third-order valence-corrected chi connectivity index (χ3v) is 4.39. The fourth-order valence-corrected chi connectivity index (χ4v) is 2.97. The number of esters is 1. The maximum Gasteiger partial charge on any atom is 0.378 e. The number of hydrogen-bond donors (Lipinski definition) is 1. The van der Waals surface area contributed by atoms with Crippen molar-refractivity contribution in [2.24, 2.45) is 0 Å². The van der Waals surface area contributed by atoms with Crippen LogP contribution < -0.4 is 10.2 Å². The maximum absolute atomic E-state index is 12.1. The van der Waals surface area contributed by atoms with Crippen molar-refractivity contribution in [2.45, 2.75) is 33.7 Å². The van der Waals surface area contributed by atoms with Gasteiger partial charge >= 0.3 is 5.97 Å². The third kappa shape index (κ3) is 4.68. The molecule has 0 unspecified atom stereocenters. The highest BCUT2D eigenvalue weighted by Crippen LogP contribution is 2.19. The number of anilines is 2. The zero-order valence-corrected chi connectivity index (χ0v) is 16.9. The molecule has 0 aliphatic heterocycles. The molecule has 1 aromatic carbocycles. The molecule has 9 heteroatoms. The zero-order chi connectivity index (χ0) is 21.0. The fourth-order valence-electron chi connectivity index (χ4n) is 2.97. The number of carbonyl (C=O) groups excluding carboxylic acids is 2. The van der Waals surface area contributed by atoms with Crippen LogP contribution in [0, 0.1) is 6.92 Å². The van der Waals surface area contributed by atoms with Crippen LogP contribution in [0.1, 0.15) is 37.1 Å². The Hall–Kier alpha value is -3.49. The summed E-state index contributed by atoms with van der Waals surface area (Å²) in [6, 6.07) is 9.65. The van der Waals surface area contributed by atoms with Gasteiger partial charge in [-0.1, -0.05) is 0 Å². The topological polar surface area (TPSA) is 102 Å². The molecule has 29 heavy (non-hydrogen) atoms. The third-order valence-electron chi connectivity index (χ3n) is 4.39. The Kier molecular flexibility index (Phi) is 6.06. The van der Waals surface area contributed by atoms with E-state index in [2.05, 4.69) is 46.1 Å². The van der Waals surface area contributed by atoms with E-state index in [1.807, 2.05) is 31.2 Å². The summed E-state index contributed by atoms with van der Waals surface area (Å²) in [5.41, 5.74) is 2.48. The van der Waals surface area contributed by atoms with Crippen LogP contribution in [-0.2, 0) is 9.53 Å². The van der Waals surface area contributed by atoms with Gasteiger partial charge in [0.2, 0.25) is 0 Å². The van der Waals surface area contributed by atoms with E-state index in [9.17, 15) is 9.59 Å². The van der Waals surface area contributed by atoms with Gasteiger partial charge in [-0.05, 0) is 58.0 Å². The van der Waals surface area contributed by atoms with Gasteiger partial charge in [0.25, 0.3) is 17.5 Å². The predicted molar refractivity (Wildman–Crippen MR) is 109 cm³/mol. The normalized spacial score (nSPS) is 10.9. The monoisotopic (exact) mass is 396 g/mol. The van der Waals surface area contributed by atoms with Crippen LogP contribution in [-0.4, -0.2) is 50.7 Å². The van der Waals surface area contributed by atoms with Crippen molar-refractivity contribution in [3.05, 3.63) is 48.0 Å². The highest BCUT2D eigenvalue weighted by atomic mass is 16.5. The number of fused-ring (bicyclic) bond motifs is 1. The fraction of sp³-hybridized carbons (Fsp3) is 0.350. The predicted octanol–water partition coefficient (Wildman–Crippen LogP) is 2.46. The first kappa shape index (κ1) is 20.2. The SMILES string of the molecule is CCN(c1ccc(NC(=O)COC(=O)c2nc3nccc(C)n3n2)cc1)C(C)C. The molecule has 3 rings (SSSR count). The molecule has 0 spiro atoms. The Labute approximate surface area is 168 Å². The van der Waals surface area contributed by atoms with Crippen molar-refractivity contribution in [1.29, 1.82) is 0 Å². The van der Waals surface area contributed by atoms with E-state index in [0.29, 0.717) is 17.5 Å². The second-order valence-corrected chi connectivity index (χ2v) is 6.78. The molecule has 9 nitrogen and oxygen atoms in total. The molecular formula is C20H24N6O3. The maximum atomic E-state index is 12.1. The van der Waals surface area contributed by atoms with Gasteiger partial charge in [0.15, 0.2) is 6.61 Å². The Bertz CT molecular complexity index is 1010. The van der Waals surface area contributed by atoms with E-state index < -0.39 is 18.5 Å². The molecule has 0 atom stereocenters. The van der Waals surface area contributed by atoms with Gasteiger partial charge in [-0.15, -0.1) is 5.10 Å². The molecule has 2 aromatic heterocycles. The first-order valence-electron chi connectivity index (χ1n) is 9.41. The van der Waals surface area contributed by atoms with Gasteiger partial charge in [-0.3, -0.25) is 4.79 Å². The van der Waals surface area contributed by atoms with Crippen LogP contribution in [0.15, 0.2) is 36.5 Å².